The number of aromatic nitrogens is 3. The number of nitrogens with zero attached hydrogens (tertiary/aromatic N) is 3. The van der Waals surface area contributed by atoms with Gasteiger partial charge in [-0.25, -0.2) is 9.97 Å². The van der Waals surface area contributed by atoms with E-state index in [1.54, 1.807) is 18.5 Å². The Morgan fingerprint density at radius 2 is 1.89 bits per heavy atom. The summed E-state index contributed by atoms with van der Waals surface area (Å²) in [5.74, 6) is 0.702. The van der Waals surface area contributed by atoms with E-state index < -0.39 is 0 Å². The third-order valence-corrected chi connectivity index (χ3v) is 2.98. The number of hydrogen-bond acceptors (Lipinski definition) is 4. The SMILES string of the molecule is Clc1nccc(NCc2cccc3cccnc23)n1. The largest absolute Gasteiger partial charge is 0.366 e. The highest BCUT2D eigenvalue weighted by atomic mass is 35.5. The molecule has 4 nitrogen and oxygen atoms in total. The predicted octanol–water partition coefficient (Wildman–Crippen LogP) is 3.29. The summed E-state index contributed by atoms with van der Waals surface area (Å²) in [5.41, 5.74) is 2.12. The maximum Gasteiger partial charge on any atom is 0.224 e. The second-order valence-corrected chi connectivity index (χ2v) is 4.39. The van der Waals surface area contributed by atoms with Crippen molar-refractivity contribution in [2.45, 2.75) is 6.54 Å². The quantitative estimate of drug-likeness (QED) is 0.742. The summed E-state index contributed by atoms with van der Waals surface area (Å²) in [6, 6.07) is 11.9. The molecule has 19 heavy (non-hydrogen) atoms. The smallest absolute Gasteiger partial charge is 0.224 e. The van der Waals surface area contributed by atoms with Crippen molar-refractivity contribution < 1.29 is 0 Å². The van der Waals surface area contributed by atoms with Crippen molar-refractivity contribution in [3.8, 4) is 0 Å². The van der Waals surface area contributed by atoms with Gasteiger partial charge in [-0.3, -0.25) is 4.98 Å². The zero-order chi connectivity index (χ0) is 13.1. The Morgan fingerprint density at radius 3 is 2.79 bits per heavy atom. The van der Waals surface area contributed by atoms with E-state index in [2.05, 4.69) is 20.3 Å². The Hall–Kier alpha value is -2.20. The molecule has 3 aromatic rings. The van der Waals surface area contributed by atoms with E-state index in [4.69, 9.17) is 11.6 Å². The van der Waals surface area contributed by atoms with Crippen LogP contribution in [-0.4, -0.2) is 15.0 Å². The molecule has 0 radical (unpaired) electrons. The number of halogens is 1. The average molecular weight is 271 g/mol. The van der Waals surface area contributed by atoms with Gasteiger partial charge in [-0.15, -0.1) is 0 Å². The topological polar surface area (TPSA) is 50.7 Å². The zero-order valence-corrected chi connectivity index (χ0v) is 10.8. The van der Waals surface area contributed by atoms with Gasteiger partial charge in [-0.05, 0) is 29.3 Å². The minimum absolute atomic E-state index is 0.237. The van der Waals surface area contributed by atoms with Crippen molar-refractivity contribution in [2.75, 3.05) is 5.32 Å². The molecule has 2 aromatic heterocycles. The normalized spacial score (nSPS) is 10.6. The van der Waals surface area contributed by atoms with E-state index in [0.717, 1.165) is 16.5 Å². The Labute approximate surface area is 115 Å². The van der Waals surface area contributed by atoms with Crippen LogP contribution in [0.1, 0.15) is 5.56 Å². The minimum atomic E-state index is 0.237. The van der Waals surface area contributed by atoms with Crippen LogP contribution in [0.15, 0.2) is 48.8 Å². The van der Waals surface area contributed by atoms with Gasteiger partial charge in [-0.1, -0.05) is 24.3 Å². The van der Waals surface area contributed by atoms with Gasteiger partial charge >= 0.3 is 0 Å². The highest BCUT2D eigenvalue weighted by Gasteiger charge is 2.02. The van der Waals surface area contributed by atoms with Gasteiger partial charge < -0.3 is 5.32 Å². The average Bonchev–Trinajstić information content (AvgIpc) is 2.45. The maximum atomic E-state index is 5.75. The van der Waals surface area contributed by atoms with Crippen LogP contribution in [0, 0.1) is 0 Å². The van der Waals surface area contributed by atoms with Gasteiger partial charge in [0.05, 0.1) is 5.52 Å². The first-order valence-electron chi connectivity index (χ1n) is 5.88. The van der Waals surface area contributed by atoms with E-state index in [0.29, 0.717) is 12.4 Å². The molecule has 0 atom stereocenters. The van der Waals surface area contributed by atoms with E-state index in [9.17, 15) is 0 Å². The number of nitrogens with one attached hydrogen (secondary N) is 1. The molecule has 1 N–H and O–H groups in total. The predicted molar refractivity (Wildman–Crippen MR) is 76.1 cm³/mol. The Balaban J connectivity index is 1.86. The van der Waals surface area contributed by atoms with E-state index in [1.165, 1.54) is 0 Å². The molecule has 2 heterocycles. The second kappa shape index (κ2) is 5.20. The Bertz CT molecular complexity index is 709. The van der Waals surface area contributed by atoms with Crippen LogP contribution in [-0.2, 0) is 6.54 Å². The van der Waals surface area contributed by atoms with Gasteiger partial charge in [0, 0.05) is 24.3 Å². The molecule has 0 aliphatic carbocycles. The summed E-state index contributed by atoms with van der Waals surface area (Å²) >= 11 is 5.75. The van der Waals surface area contributed by atoms with Crippen molar-refractivity contribution in [3.05, 3.63) is 59.6 Å². The van der Waals surface area contributed by atoms with Crippen LogP contribution in [0.2, 0.25) is 5.28 Å². The van der Waals surface area contributed by atoms with Crippen LogP contribution in [0.3, 0.4) is 0 Å². The summed E-state index contributed by atoms with van der Waals surface area (Å²) in [6.07, 6.45) is 3.42. The summed E-state index contributed by atoms with van der Waals surface area (Å²) in [4.78, 5) is 12.4. The third-order valence-electron chi connectivity index (χ3n) is 2.80. The molecule has 0 aliphatic rings. The van der Waals surface area contributed by atoms with Gasteiger partial charge in [0.1, 0.15) is 5.82 Å². The second-order valence-electron chi connectivity index (χ2n) is 4.06. The lowest BCUT2D eigenvalue weighted by atomic mass is 10.1. The van der Waals surface area contributed by atoms with E-state index in [-0.39, 0.29) is 5.28 Å². The first kappa shape index (κ1) is 11.9. The fourth-order valence-corrected chi connectivity index (χ4v) is 2.08. The van der Waals surface area contributed by atoms with E-state index in [1.807, 2.05) is 30.3 Å². The first-order chi connectivity index (χ1) is 9.33. The van der Waals surface area contributed by atoms with Crippen LogP contribution < -0.4 is 5.32 Å². The van der Waals surface area contributed by atoms with Crippen molar-refractivity contribution in [1.82, 2.24) is 15.0 Å². The molecular formula is C14H11ClN4. The Morgan fingerprint density at radius 1 is 1.00 bits per heavy atom. The van der Waals surface area contributed by atoms with E-state index >= 15 is 0 Å². The summed E-state index contributed by atoms with van der Waals surface area (Å²) < 4.78 is 0. The van der Waals surface area contributed by atoms with Crippen LogP contribution in [0.25, 0.3) is 10.9 Å². The number of benzene rings is 1. The monoisotopic (exact) mass is 270 g/mol. The zero-order valence-electron chi connectivity index (χ0n) is 10.0. The standard InChI is InChI=1S/C14H11ClN4/c15-14-17-8-6-12(19-14)18-9-11-4-1-3-10-5-2-7-16-13(10)11/h1-8H,9H2,(H,17,18,19). The van der Waals surface area contributed by atoms with Crippen LogP contribution >= 0.6 is 11.6 Å². The maximum absolute atomic E-state index is 5.75. The molecule has 0 amide bonds. The lowest BCUT2D eigenvalue weighted by Crippen LogP contribution is -2.02. The molecular weight excluding hydrogens is 260 g/mol. The van der Waals surface area contributed by atoms with Gasteiger partial charge in [0.2, 0.25) is 5.28 Å². The highest BCUT2D eigenvalue weighted by Crippen LogP contribution is 2.17. The molecule has 94 valence electrons. The van der Waals surface area contributed by atoms with Crippen LogP contribution in [0.5, 0.6) is 0 Å². The fraction of sp³-hybridized carbons (Fsp3) is 0.0714. The number of anilines is 1. The molecule has 0 saturated carbocycles. The molecule has 0 unspecified atom stereocenters. The molecule has 0 saturated heterocycles. The number of pyridine rings is 1. The lowest BCUT2D eigenvalue weighted by Gasteiger charge is -2.07. The van der Waals surface area contributed by atoms with Gasteiger partial charge in [0.25, 0.3) is 0 Å². The number of fused-ring (bicyclic) bond motifs is 1. The lowest BCUT2D eigenvalue weighted by molar-refractivity contribution is 1.08. The fourth-order valence-electron chi connectivity index (χ4n) is 1.93. The highest BCUT2D eigenvalue weighted by molar-refractivity contribution is 6.28. The summed E-state index contributed by atoms with van der Waals surface area (Å²) in [7, 11) is 0. The molecule has 0 fully saturated rings. The van der Waals surface area contributed by atoms with Crippen molar-refractivity contribution in [3.63, 3.8) is 0 Å². The Kier molecular flexibility index (Phi) is 3.25. The van der Waals surface area contributed by atoms with Gasteiger partial charge in [-0.2, -0.15) is 0 Å². The van der Waals surface area contributed by atoms with Crippen molar-refractivity contribution in [1.29, 1.82) is 0 Å². The third kappa shape index (κ3) is 2.63. The van der Waals surface area contributed by atoms with Crippen LogP contribution in [0.4, 0.5) is 5.82 Å². The number of para-hydroxylation sites is 1. The number of hydrogen-bond donors (Lipinski definition) is 1. The van der Waals surface area contributed by atoms with Crippen molar-refractivity contribution >= 4 is 28.3 Å². The van der Waals surface area contributed by atoms with Gasteiger partial charge in [0.15, 0.2) is 0 Å². The molecule has 3 rings (SSSR count). The molecule has 5 heteroatoms. The molecule has 0 spiro atoms. The molecule has 0 bridgehead atoms. The minimum Gasteiger partial charge on any atom is -0.366 e. The first-order valence-corrected chi connectivity index (χ1v) is 6.26. The van der Waals surface area contributed by atoms with Crippen molar-refractivity contribution in [2.24, 2.45) is 0 Å². The summed E-state index contributed by atoms with van der Waals surface area (Å²) in [5, 5.41) is 4.58. The number of rotatable bonds is 3. The molecule has 0 aliphatic heterocycles. The summed E-state index contributed by atoms with van der Waals surface area (Å²) in [6.45, 7) is 0.641. The molecule has 1 aromatic carbocycles.